The van der Waals surface area contributed by atoms with Gasteiger partial charge in [-0.05, 0) is 38.0 Å². The molecule has 0 spiro atoms. The number of nitrogens with two attached hydrogens (primary N) is 1. The second kappa shape index (κ2) is 5.93. The molecule has 104 valence electrons. The van der Waals surface area contributed by atoms with Gasteiger partial charge in [0.1, 0.15) is 0 Å². The van der Waals surface area contributed by atoms with Gasteiger partial charge in [-0.3, -0.25) is 0 Å². The highest BCUT2D eigenvalue weighted by atomic mass is 16.5. The Morgan fingerprint density at radius 3 is 3.05 bits per heavy atom. The van der Waals surface area contributed by atoms with Gasteiger partial charge in [-0.15, -0.1) is 0 Å². The molecule has 1 aromatic rings. The van der Waals surface area contributed by atoms with Crippen LogP contribution in [0.1, 0.15) is 30.1 Å². The highest BCUT2D eigenvalue weighted by Crippen LogP contribution is 2.30. The molecule has 2 rings (SSSR count). The number of aliphatic hydroxyl groups excluding tert-OH is 1. The van der Waals surface area contributed by atoms with Gasteiger partial charge in [-0.25, -0.2) is 4.79 Å². The Hall–Kier alpha value is -1.75. The number of esters is 1. The fourth-order valence-corrected chi connectivity index (χ4v) is 2.52. The molecule has 0 amide bonds. The van der Waals surface area contributed by atoms with Crippen molar-refractivity contribution in [3.8, 4) is 0 Å². The molecule has 1 aliphatic heterocycles. The molecule has 1 atom stereocenters. The van der Waals surface area contributed by atoms with Gasteiger partial charge in [0.15, 0.2) is 0 Å². The monoisotopic (exact) mass is 264 g/mol. The molecule has 19 heavy (non-hydrogen) atoms. The highest BCUT2D eigenvalue weighted by Gasteiger charge is 2.27. The molecule has 0 aromatic heterocycles. The van der Waals surface area contributed by atoms with Crippen LogP contribution in [-0.2, 0) is 4.74 Å². The molecule has 0 bridgehead atoms. The van der Waals surface area contributed by atoms with E-state index in [1.54, 1.807) is 19.1 Å². The van der Waals surface area contributed by atoms with E-state index in [9.17, 15) is 9.90 Å². The van der Waals surface area contributed by atoms with E-state index in [0.29, 0.717) is 17.9 Å². The van der Waals surface area contributed by atoms with Gasteiger partial charge in [0.2, 0.25) is 0 Å². The predicted octanol–water partition coefficient (Wildman–Crippen LogP) is 1.41. The zero-order valence-corrected chi connectivity index (χ0v) is 11.1. The number of aliphatic hydroxyl groups is 1. The van der Waals surface area contributed by atoms with Crippen molar-refractivity contribution in [2.45, 2.75) is 25.8 Å². The molecule has 0 aliphatic carbocycles. The minimum Gasteiger partial charge on any atom is -0.462 e. The first-order valence-corrected chi connectivity index (χ1v) is 6.61. The van der Waals surface area contributed by atoms with Crippen molar-refractivity contribution in [2.75, 3.05) is 30.4 Å². The summed E-state index contributed by atoms with van der Waals surface area (Å²) < 4.78 is 5.07. The van der Waals surface area contributed by atoms with Gasteiger partial charge in [0.25, 0.3) is 0 Å². The van der Waals surface area contributed by atoms with Crippen LogP contribution in [0, 0.1) is 0 Å². The summed E-state index contributed by atoms with van der Waals surface area (Å²) in [6, 6.07) is 5.30. The van der Waals surface area contributed by atoms with E-state index in [1.165, 1.54) is 0 Å². The fourth-order valence-electron chi connectivity index (χ4n) is 2.52. The van der Waals surface area contributed by atoms with Gasteiger partial charge in [-0.2, -0.15) is 0 Å². The zero-order chi connectivity index (χ0) is 13.8. The number of hydrogen-bond donors (Lipinski definition) is 2. The van der Waals surface area contributed by atoms with Crippen LogP contribution >= 0.6 is 0 Å². The standard InChI is InChI=1S/C14H20N2O3/c1-2-19-14(18)12-8-10(15)5-6-13(12)16-7-3-4-11(16)9-17/h5-6,8,11,17H,2-4,7,9,15H2,1H3. The van der Waals surface area contributed by atoms with Gasteiger partial charge in [-0.1, -0.05) is 0 Å². The van der Waals surface area contributed by atoms with Crippen molar-refractivity contribution in [3.05, 3.63) is 23.8 Å². The molecule has 3 N–H and O–H groups in total. The Morgan fingerprint density at radius 2 is 2.37 bits per heavy atom. The maximum atomic E-state index is 12.0. The molecule has 5 heteroatoms. The lowest BCUT2D eigenvalue weighted by Gasteiger charge is -2.27. The summed E-state index contributed by atoms with van der Waals surface area (Å²) in [6.07, 6.45) is 1.95. The fraction of sp³-hybridized carbons (Fsp3) is 0.500. The molecular formula is C14H20N2O3. The van der Waals surface area contributed by atoms with Crippen LogP contribution in [0.3, 0.4) is 0 Å². The SMILES string of the molecule is CCOC(=O)c1cc(N)ccc1N1CCCC1CO. The summed E-state index contributed by atoms with van der Waals surface area (Å²) in [5, 5.41) is 9.40. The quantitative estimate of drug-likeness (QED) is 0.635. The largest absolute Gasteiger partial charge is 0.462 e. The van der Waals surface area contributed by atoms with Crippen molar-refractivity contribution in [1.82, 2.24) is 0 Å². The van der Waals surface area contributed by atoms with E-state index >= 15 is 0 Å². The second-order valence-corrected chi connectivity index (χ2v) is 4.67. The van der Waals surface area contributed by atoms with Crippen molar-refractivity contribution in [2.24, 2.45) is 0 Å². The van der Waals surface area contributed by atoms with Crippen LogP contribution in [0.2, 0.25) is 0 Å². The van der Waals surface area contributed by atoms with E-state index in [0.717, 1.165) is 25.1 Å². The lowest BCUT2D eigenvalue weighted by Crippen LogP contribution is -2.33. The number of ether oxygens (including phenoxy) is 1. The van der Waals surface area contributed by atoms with Crippen molar-refractivity contribution >= 4 is 17.3 Å². The Labute approximate surface area is 113 Å². The molecular weight excluding hydrogens is 244 g/mol. The summed E-state index contributed by atoms with van der Waals surface area (Å²) in [5.74, 6) is -0.367. The summed E-state index contributed by atoms with van der Waals surface area (Å²) in [7, 11) is 0. The summed E-state index contributed by atoms with van der Waals surface area (Å²) >= 11 is 0. The van der Waals surface area contributed by atoms with E-state index in [1.807, 2.05) is 6.07 Å². The number of nitrogens with zero attached hydrogens (tertiary/aromatic N) is 1. The Balaban J connectivity index is 2.36. The highest BCUT2D eigenvalue weighted by molar-refractivity contribution is 5.97. The van der Waals surface area contributed by atoms with Crippen molar-refractivity contribution < 1.29 is 14.6 Å². The van der Waals surface area contributed by atoms with Gasteiger partial charge in [0.05, 0.1) is 30.5 Å². The maximum absolute atomic E-state index is 12.0. The number of rotatable bonds is 4. The first-order valence-electron chi connectivity index (χ1n) is 6.61. The van der Waals surface area contributed by atoms with Crippen LogP contribution in [0.5, 0.6) is 0 Å². The number of benzene rings is 1. The van der Waals surface area contributed by atoms with E-state index in [-0.39, 0.29) is 18.6 Å². The van der Waals surface area contributed by atoms with Gasteiger partial charge < -0.3 is 20.5 Å². The van der Waals surface area contributed by atoms with Crippen LogP contribution in [0.15, 0.2) is 18.2 Å². The lowest BCUT2D eigenvalue weighted by atomic mass is 10.1. The Kier molecular flexibility index (Phi) is 4.27. The normalized spacial score (nSPS) is 18.6. The molecule has 1 unspecified atom stereocenters. The zero-order valence-electron chi connectivity index (χ0n) is 11.1. The maximum Gasteiger partial charge on any atom is 0.340 e. The number of carbonyl (C=O) groups is 1. The molecule has 1 fully saturated rings. The van der Waals surface area contributed by atoms with Crippen LogP contribution in [0.4, 0.5) is 11.4 Å². The molecule has 5 nitrogen and oxygen atoms in total. The average Bonchev–Trinajstić information content (AvgIpc) is 2.87. The summed E-state index contributed by atoms with van der Waals surface area (Å²) in [4.78, 5) is 14.1. The number of carbonyl (C=O) groups excluding carboxylic acids is 1. The first-order chi connectivity index (χ1) is 9.17. The smallest absolute Gasteiger partial charge is 0.340 e. The van der Waals surface area contributed by atoms with E-state index < -0.39 is 0 Å². The minimum atomic E-state index is -0.367. The Morgan fingerprint density at radius 1 is 1.58 bits per heavy atom. The van der Waals surface area contributed by atoms with Gasteiger partial charge >= 0.3 is 5.97 Å². The van der Waals surface area contributed by atoms with Crippen LogP contribution in [-0.4, -0.2) is 36.9 Å². The number of anilines is 2. The first kappa shape index (κ1) is 13.7. The third kappa shape index (κ3) is 2.81. The summed E-state index contributed by atoms with van der Waals surface area (Å²) in [5.41, 5.74) is 7.56. The molecule has 0 saturated carbocycles. The minimum absolute atomic E-state index is 0.0665. The van der Waals surface area contributed by atoms with Crippen LogP contribution < -0.4 is 10.6 Å². The van der Waals surface area contributed by atoms with Crippen molar-refractivity contribution in [1.29, 1.82) is 0 Å². The van der Waals surface area contributed by atoms with E-state index in [4.69, 9.17) is 10.5 Å². The third-order valence-corrected chi connectivity index (χ3v) is 3.41. The number of nitrogen functional groups attached to an aromatic ring is 1. The molecule has 1 aromatic carbocycles. The van der Waals surface area contributed by atoms with Gasteiger partial charge in [0, 0.05) is 12.2 Å². The molecule has 1 aliphatic rings. The van der Waals surface area contributed by atoms with E-state index in [2.05, 4.69) is 4.90 Å². The topological polar surface area (TPSA) is 75.8 Å². The van der Waals surface area contributed by atoms with Crippen LogP contribution in [0.25, 0.3) is 0 Å². The lowest BCUT2D eigenvalue weighted by molar-refractivity contribution is 0.0527. The molecule has 1 saturated heterocycles. The molecule has 1 heterocycles. The molecule has 0 radical (unpaired) electrons. The van der Waals surface area contributed by atoms with Crippen molar-refractivity contribution in [3.63, 3.8) is 0 Å². The summed E-state index contributed by atoms with van der Waals surface area (Å²) in [6.45, 7) is 3.03. The Bertz CT molecular complexity index is 462. The second-order valence-electron chi connectivity index (χ2n) is 4.67. The number of hydrogen-bond acceptors (Lipinski definition) is 5. The predicted molar refractivity (Wildman–Crippen MR) is 74.3 cm³/mol. The average molecular weight is 264 g/mol. The third-order valence-electron chi connectivity index (χ3n) is 3.41.